The SMILES string of the molecule is NC1CCN(CCC2=CCCC(CC(F)(F)F)C=N2)C1. The number of nitrogens with two attached hydrogens (primary N) is 1. The second kappa shape index (κ2) is 6.72. The van der Waals surface area contributed by atoms with Crippen LogP contribution in [0.25, 0.3) is 0 Å². The Labute approximate surface area is 117 Å². The number of aliphatic imine (C=N–C) groups is 1. The van der Waals surface area contributed by atoms with Gasteiger partial charge in [0.05, 0.1) is 6.42 Å². The predicted molar refractivity (Wildman–Crippen MR) is 73.6 cm³/mol. The van der Waals surface area contributed by atoms with Crippen molar-refractivity contribution in [3.05, 3.63) is 11.8 Å². The molecule has 0 amide bonds. The highest BCUT2D eigenvalue weighted by Crippen LogP contribution is 2.28. The number of alkyl halides is 3. The van der Waals surface area contributed by atoms with Gasteiger partial charge in [-0.15, -0.1) is 0 Å². The molecule has 0 saturated carbocycles. The molecule has 2 atom stereocenters. The van der Waals surface area contributed by atoms with Crippen LogP contribution in [0, 0.1) is 5.92 Å². The minimum absolute atomic E-state index is 0.262. The third-order valence-corrected chi connectivity index (χ3v) is 3.86. The maximum absolute atomic E-state index is 12.4. The van der Waals surface area contributed by atoms with E-state index in [9.17, 15) is 13.2 Å². The summed E-state index contributed by atoms with van der Waals surface area (Å²) in [5.74, 6) is -0.482. The molecule has 2 unspecified atom stereocenters. The number of hydrogen-bond acceptors (Lipinski definition) is 3. The molecule has 1 fully saturated rings. The van der Waals surface area contributed by atoms with Crippen molar-refractivity contribution in [3.63, 3.8) is 0 Å². The van der Waals surface area contributed by atoms with Crippen LogP contribution in [-0.4, -0.2) is 43.0 Å². The van der Waals surface area contributed by atoms with E-state index in [-0.39, 0.29) is 6.04 Å². The molecule has 0 radical (unpaired) electrons. The van der Waals surface area contributed by atoms with Crippen molar-refractivity contribution in [1.29, 1.82) is 0 Å². The maximum atomic E-state index is 12.4. The van der Waals surface area contributed by atoms with E-state index in [4.69, 9.17) is 5.73 Å². The van der Waals surface area contributed by atoms with E-state index in [1.165, 1.54) is 6.21 Å². The highest BCUT2D eigenvalue weighted by atomic mass is 19.4. The lowest BCUT2D eigenvalue weighted by atomic mass is 10.0. The van der Waals surface area contributed by atoms with Crippen LogP contribution in [-0.2, 0) is 0 Å². The van der Waals surface area contributed by atoms with E-state index in [1.54, 1.807) is 0 Å². The Hall–Kier alpha value is -0.880. The van der Waals surface area contributed by atoms with Gasteiger partial charge in [-0.3, -0.25) is 4.99 Å². The average molecular weight is 289 g/mol. The molecule has 0 spiro atoms. The van der Waals surface area contributed by atoms with Gasteiger partial charge in [0, 0.05) is 43.4 Å². The molecule has 3 nitrogen and oxygen atoms in total. The van der Waals surface area contributed by atoms with E-state index in [1.807, 2.05) is 6.08 Å². The number of halogens is 3. The largest absolute Gasteiger partial charge is 0.389 e. The van der Waals surface area contributed by atoms with Crippen molar-refractivity contribution in [1.82, 2.24) is 4.90 Å². The number of hydrogen-bond donors (Lipinski definition) is 1. The van der Waals surface area contributed by atoms with Gasteiger partial charge in [-0.2, -0.15) is 13.2 Å². The highest BCUT2D eigenvalue weighted by molar-refractivity contribution is 5.63. The van der Waals surface area contributed by atoms with Crippen LogP contribution in [0.4, 0.5) is 13.2 Å². The standard InChI is InChI=1S/C14H22F3N3/c15-14(16,17)8-11-2-1-3-13(19-9-11)5-7-20-6-4-12(18)10-20/h3,9,11-12H,1-2,4-8,10,18H2. The molecule has 0 aliphatic carbocycles. The first-order valence-corrected chi connectivity index (χ1v) is 7.20. The van der Waals surface area contributed by atoms with Crippen molar-refractivity contribution >= 4 is 6.21 Å². The molecule has 0 bridgehead atoms. The molecule has 0 aromatic carbocycles. The maximum Gasteiger partial charge on any atom is 0.389 e. The van der Waals surface area contributed by atoms with Gasteiger partial charge in [0.2, 0.25) is 0 Å². The molecule has 2 heterocycles. The first-order valence-electron chi connectivity index (χ1n) is 7.20. The fourth-order valence-electron chi connectivity index (χ4n) is 2.75. The number of nitrogens with zero attached hydrogens (tertiary/aromatic N) is 2. The predicted octanol–water partition coefficient (Wildman–Crippen LogP) is 2.73. The normalized spacial score (nSPS) is 28.5. The third-order valence-electron chi connectivity index (χ3n) is 3.86. The fraction of sp³-hybridized carbons (Fsp3) is 0.786. The van der Waals surface area contributed by atoms with Gasteiger partial charge in [0.25, 0.3) is 0 Å². The quantitative estimate of drug-likeness (QED) is 0.864. The molecule has 0 aromatic heterocycles. The summed E-state index contributed by atoms with van der Waals surface area (Å²) in [6, 6.07) is 0.262. The lowest BCUT2D eigenvalue weighted by Crippen LogP contribution is -2.27. The Morgan fingerprint density at radius 2 is 2.15 bits per heavy atom. The van der Waals surface area contributed by atoms with Crippen LogP contribution >= 0.6 is 0 Å². The van der Waals surface area contributed by atoms with Crippen molar-refractivity contribution in [2.24, 2.45) is 16.6 Å². The molecule has 0 aromatic rings. The summed E-state index contributed by atoms with van der Waals surface area (Å²) in [4.78, 5) is 6.54. The Morgan fingerprint density at radius 1 is 1.35 bits per heavy atom. The van der Waals surface area contributed by atoms with Crippen molar-refractivity contribution in [2.45, 2.75) is 44.3 Å². The number of likely N-dealkylation sites (tertiary alicyclic amines) is 1. The summed E-state index contributed by atoms with van der Waals surface area (Å²) in [7, 11) is 0. The Morgan fingerprint density at radius 3 is 2.80 bits per heavy atom. The molecule has 2 N–H and O–H groups in total. The summed E-state index contributed by atoms with van der Waals surface area (Å²) in [5, 5.41) is 0. The molecule has 1 saturated heterocycles. The zero-order valence-corrected chi connectivity index (χ0v) is 11.6. The second-order valence-electron chi connectivity index (χ2n) is 5.73. The zero-order valence-electron chi connectivity index (χ0n) is 11.6. The molecule has 2 aliphatic rings. The van der Waals surface area contributed by atoms with Gasteiger partial charge in [0.15, 0.2) is 0 Å². The first-order chi connectivity index (χ1) is 9.42. The van der Waals surface area contributed by atoms with Gasteiger partial charge in [-0.1, -0.05) is 6.08 Å². The second-order valence-corrected chi connectivity index (χ2v) is 5.73. The van der Waals surface area contributed by atoms with E-state index in [2.05, 4.69) is 9.89 Å². The Balaban J connectivity index is 1.78. The van der Waals surface area contributed by atoms with E-state index in [0.29, 0.717) is 12.8 Å². The molecule has 2 aliphatic heterocycles. The van der Waals surface area contributed by atoms with Crippen LogP contribution < -0.4 is 5.73 Å². The molecule has 6 heteroatoms. The van der Waals surface area contributed by atoms with Crippen molar-refractivity contribution < 1.29 is 13.2 Å². The summed E-state index contributed by atoms with van der Waals surface area (Å²) < 4.78 is 37.1. The number of allylic oxidation sites excluding steroid dienone is 1. The van der Waals surface area contributed by atoms with Crippen LogP contribution in [0.5, 0.6) is 0 Å². The van der Waals surface area contributed by atoms with Gasteiger partial charge < -0.3 is 10.6 Å². The van der Waals surface area contributed by atoms with Crippen LogP contribution in [0.3, 0.4) is 0 Å². The fourth-order valence-corrected chi connectivity index (χ4v) is 2.75. The smallest absolute Gasteiger partial charge is 0.326 e. The molecular formula is C14H22F3N3. The highest BCUT2D eigenvalue weighted by Gasteiger charge is 2.31. The summed E-state index contributed by atoms with van der Waals surface area (Å²) in [6.45, 7) is 2.81. The van der Waals surface area contributed by atoms with E-state index < -0.39 is 18.5 Å². The monoisotopic (exact) mass is 289 g/mol. The number of rotatable bonds is 4. The van der Waals surface area contributed by atoms with E-state index >= 15 is 0 Å². The van der Waals surface area contributed by atoms with Crippen molar-refractivity contribution in [2.75, 3.05) is 19.6 Å². The lowest BCUT2D eigenvalue weighted by Gasteiger charge is -2.14. The van der Waals surface area contributed by atoms with Gasteiger partial charge in [0.1, 0.15) is 0 Å². The molecule has 20 heavy (non-hydrogen) atoms. The third kappa shape index (κ3) is 5.25. The molecule has 2 rings (SSSR count). The Kier molecular flexibility index (Phi) is 5.21. The molecule has 114 valence electrons. The summed E-state index contributed by atoms with van der Waals surface area (Å²) in [5.41, 5.74) is 6.76. The topological polar surface area (TPSA) is 41.6 Å². The summed E-state index contributed by atoms with van der Waals surface area (Å²) in [6.07, 6.45) is 1.62. The van der Waals surface area contributed by atoms with Crippen LogP contribution in [0.1, 0.15) is 32.1 Å². The summed E-state index contributed by atoms with van der Waals surface area (Å²) >= 11 is 0. The minimum atomic E-state index is -4.10. The van der Waals surface area contributed by atoms with Crippen molar-refractivity contribution in [3.8, 4) is 0 Å². The average Bonchev–Trinajstić information content (AvgIpc) is 2.63. The van der Waals surface area contributed by atoms with Gasteiger partial charge >= 0.3 is 6.18 Å². The van der Waals surface area contributed by atoms with Gasteiger partial charge in [-0.05, 0) is 25.8 Å². The zero-order chi connectivity index (χ0) is 14.6. The van der Waals surface area contributed by atoms with Crippen LogP contribution in [0.15, 0.2) is 16.8 Å². The van der Waals surface area contributed by atoms with E-state index in [0.717, 1.165) is 38.2 Å². The Bertz CT molecular complexity index is 376. The first kappa shape index (κ1) is 15.5. The molecular weight excluding hydrogens is 267 g/mol. The lowest BCUT2D eigenvalue weighted by molar-refractivity contribution is -0.139. The van der Waals surface area contributed by atoms with Crippen LogP contribution in [0.2, 0.25) is 0 Å². The minimum Gasteiger partial charge on any atom is -0.326 e. The van der Waals surface area contributed by atoms with Gasteiger partial charge in [-0.25, -0.2) is 0 Å².